The van der Waals surface area contributed by atoms with Crippen molar-refractivity contribution in [3.8, 4) is 0 Å². The lowest BCUT2D eigenvalue weighted by atomic mass is 10.2. The van der Waals surface area contributed by atoms with Gasteiger partial charge in [0.25, 0.3) is 0 Å². The molecule has 0 bridgehead atoms. The smallest absolute Gasteiger partial charge is 0.219 e. The van der Waals surface area contributed by atoms with Crippen molar-refractivity contribution in [1.82, 2.24) is 15.5 Å². The molecule has 0 aromatic heterocycles. The maximum absolute atomic E-state index is 10.4. The quantitative estimate of drug-likeness (QED) is 0.578. The molecule has 0 saturated carbocycles. The molecule has 2 saturated heterocycles. The molecular weight excluding hydrogens is 206 g/mol. The molecule has 2 fully saturated rings. The third kappa shape index (κ3) is 6.05. The monoisotopic (exact) mass is 229 g/mol. The number of hydrogen-bond acceptors (Lipinski definition) is 4. The van der Waals surface area contributed by atoms with Crippen molar-refractivity contribution in [3.05, 3.63) is 0 Å². The van der Waals surface area contributed by atoms with Gasteiger partial charge in [-0.05, 0) is 12.8 Å². The van der Waals surface area contributed by atoms with Gasteiger partial charge in [-0.25, -0.2) is 0 Å². The summed E-state index contributed by atoms with van der Waals surface area (Å²) in [6.07, 6.45) is 2.97. The summed E-state index contributed by atoms with van der Waals surface area (Å²) in [4.78, 5) is 12.6. The van der Waals surface area contributed by atoms with Crippen LogP contribution in [0.4, 0.5) is 0 Å². The van der Waals surface area contributed by atoms with Crippen LogP contribution in [0.15, 0.2) is 0 Å². The molecule has 0 aromatic carbocycles. The van der Waals surface area contributed by atoms with E-state index < -0.39 is 0 Å². The van der Waals surface area contributed by atoms with E-state index in [1.54, 1.807) is 0 Å². The van der Waals surface area contributed by atoms with Gasteiger partial charge in [0.1, 0.15) is 0 Å². The van der Waals surface area contributed by atoms with E-state index in [0.717, 1.165) is 58.5 Å². The molecule has 5 heteroatoms. The van der Waals surface area contributed by atoms with E-state index in [1.807, 2.05) is 0 Å². The Balaban J connectivity index is 0.000000165. The summed E-state index contributed by atoms with van der Waals surface area (Å²) in [7, 11) is 0. The predicted molar refractivity (Wildman–Crippen MR) is 63.3 cm³/mol. The molecule has 2 aliphatic heterocycles. The van der Waals surface area contributed by atoms with Crippen LogP contribution in [0.1, 0.15) is 19.3 Å². The van der Waals surface area contributed by atoms with Gasteiger partial charge in [0.15, 0.2) is 0 Å². The fraction of sp³-hybridized carbons (Fsp3) is 0.909. The van der Waals surface area contributed by atoms with Crippen LogP contribution in [-0.4, -0.2) is 61.8 Å². The summed E-state index contributed by atoms with van der Waals surface area (Å²) in [5.41, 5.74) is 0. The molecule has 0 atom stereocenters. The molecule has 0 unspecified atom stereocenters. The summed E-state index contributed by atoms with van der Waals surface area (Å²) >= 11 is 0. The molecule has 3 N–H and O–H groups in total. The van der Waals surface area contributed by atoms with Gasteiger partial charge in [-0.1, -0.05) is 0 Å². The highest BCUT2D eigenvalue weighted by Gasteiger charge is 2.06. The largest absolute Gasteiger partial charge is 0.395 e. The number of carbonyl (C=O) groups is 1. The van der Waals surface area contributed by atoms with Gasteiger partial charge in [-0.15, -0.1) is 0 Å². The Hall–Kier alpha value is -0.650. The second-order valence-electron chi connectivity index (χ2n) is 4.12. The zero-order valence-corrected chi connectivity index (χ0v) is 9.87. The number of carbonyl (C=O) groups excluding carboxylic acids is 1. The lowest BCUT2D eigenvalue weighted by molar-refractivity contribution is -0.122. The topological polar surface area (TPSA) is 64.6 Å². The Morgan fingerprint density at radius 3 is 2.38 bits per heavy atom. The molecule has 16 heavy (non-hydrogen) atoms. The summed E-state index contributed by atoms with van der Waals surface area (Å²) < 4.78 is 0. The fourth-order valence-electron chi connectivity index (χ4n) is 1.80. The number of piperazine rings is 1. The van der Waals surface area contributed by atoms with Crippen molar-refractivity contribution < 1.29 is 9.90 Å². The highest BCUT2D eigenvalue weighted by molar-refractivity contribution is 5.76. The average Bonchev–Trinajstić information content (AvgIpc) is 2.33. The second-order valence-corrected chi connectivity index (χ2v) is 4.12. The van der Waals surface area contributed by atoms with Crippen LogP contribution in [0, 0.1) is 0 Å². The molecule has 2 aliphatic rings. The van der Waals surface area contributed by atoms with Crippen molar-refractivity contribution in [3.63, 3.8) is 0 Å². The second kappa shape index (κ2) is 8.50. The minimum Gasteiger partial charge on any atom is -0.395 e. The first-order valence-corrected chi connectivity index (χ1v) is 6.13. The Labute approximate surface area is 97.2 Å². The van der Waals surface area contributed by atoms with E-state index in [2.05, 4.69) is 15.5 Å². The first-order valence-electron chi connectivity index (χ1n) is 6.13. The number of β-amino-alcohol motifs (C(OH)–C–C–N with tert-alkyl or cyclic N) is 1. The molecule has 5 nitrogen and oxygen atoms in total. The summed E-state index contributed by atoms with van der Waals surface area (Å²) in [5, 5.41) is 14.5. The van der Waals surface area contributed by atoms with Crippen LogP contribution in [0.2, 0.25) is 0 Å². The van der Waals surface area contributed by atoms with Crippen molar-refractivity contribution in [2.45, 2.75) is 19.3 Å². The lowest BCUT2D eigenvalue weighted by Gasteiger charge is -2.25. The van der Waals surface area contributed by atoms with E-state index in [1.165, 1.54) is 0 Å². The van der Waals surface area contributed by atoms with Gasteiger partial charge in [-0.3, -0.25) is 9.69 Å². The van der Waals surface area contributed by atoms with Gasteiger partial charge >= 0.3 is 0 Å². The van der Waals surface area contributed by atoms with Gasteiger partial charge in [0.05, 0.1) is 6.61 Å². The van der Waals surface area contributed by atoms with E-state index in [0.29, 0.717) is 6.61 Å². The minimum absolute atomic E-state index is 0.214. The van der Waals surface area contributed by atoms with Gasteiger partial charge < -0.3 is 15.7 Å². The van der Waals surface area contributed by atoms with Crippen molar-refractivity contribution >= 4 is 5.91 Å². The number of aliphatic hydroxyl groups excluding tert-OH is 1. The SMILES string of the molecule is O=C1CCCCN1.OCCN1CCNCC1. The molecule has 0 aromatic rings. The summed E-state index contributed by atoms with van der Waals surface area (Å²) in [6, 6.07) is 0. The Morgan fingerprint density at radius 1 is 1.19 bits per heavy atom. The highest BCUT2D eigenvalue weighted by atomic mass is 16.3. The predicted octanol–water partition coefficient (Wildman–Crippen LogP) is -0.830. The van der Waals surface area contributed by atoms with Crippen LogP contribution in [0.25, 0.3) is 0 Å². The van der Waals surface area contributed by atoms with E-state index in [4.69, 9.17) is 5.11 Å². The molecular formula is C11H23N3O2. The Morgan fingerprint density at radius 2 is 1.94 bits per heavy atom. The van der Waals surface area contributed by atoms with Gasteiger partial charge in [0, 0.05) is 45.7 Å². The van der Waals surface area contributed by atoms with Crippen LogP contribution in [-0.2, 0) is 4.79 Å². The molecule has 2 heterocycles. The first-order chi connectivity index (χ1) is 7.83. The van der Waals surface area contributed by atoms with Crippen LogP contribution in [0.5, 0.6) is 0 Å². The summed E-state index contributed by atoms with van der Waals surface area (Å²) in [5.74, 6) is 0.214. The molecule has 0 radical (unpaired) electrons. The zero-order chi connectivity index (χ0) is 11.6. The number of hydrogen-bond donors (Lipinski definition) is 3. The van der Waals surface area contributed by atoms with Crippen LogP contribution < -0.4 is 10.6 Å². The highest BCUT2D eigenvalue weighted by Crippen LogP contribution is 1.98. The zero-order valence-electron chi connectivity index (χ0n) is 9.87. The third-order valence-corrected chi connectivity index (χ3v) is 2.78. The van der Waals surface area contributed by atoms with Crippen LogP contribution in [0.3, 0.4) is 0 Å². The average molecular weight is 229 g/mol. The van der Waals surface area contributed by atoms with Gasteiger partial charge in [-0.2, -0.15) is 0 Å². The van der Waals surface area contributed by atoms with E-state index >= 15 is 0 Å². The Bertz CT molecular complexity index is 183. The molecule has 0 spiro atoms. The summed E-state index contributed by atoms with van der Waals surface area (Å²) in [6.45, 7) is 6.32. The number of rotatable bonds is 2. The van der Waals surface area contributed by atoms with Crippen molar-refractivity contribution in [2.75, 3.05) is 45.9 Å². The number of nitrogens with one attached hydrogen (secondary N) is 2. The number of amides is 1. The Kier molecular flexibility index (Phi) is 7.12. The molecule has 2 rings (SSSR count). The first kappa shape index (κ1) is 13.4. The number of nitrogens with zero attached hydrogens (tertiary/aromatic N) is 1. The molecule has 94 valence electrons. The lowest BCUT2D eigenvalue weighted by Crippen LogP contribution is -2.44. The normalized spacial score (nSPS) is 21.9. The maximum atomic E-state index is 10.4. The maximum Gasteiger partial charge on any atom is 0.219 e. The minimum atomic E-state index is 0.214. The third-order valence-electron chi connectivity index (χ3n) is 2.78. The van der Waals surface area contributed by atoms with E-state index in [9.17, 15) is 4.79 Å². The van der Waals surface area contributed by atoms with Crippen LogP contribution >= 0.6 is 0 Å². The number of aliphatic hydroxyl groups is 1. The van der Waals surface area contributed by atoms with E-state index in [-0.39, 0.29) is 5.91 Å². The van der Waals surface area contributed by atoms with Gasteiger partial charge in [0.2, 0.25) is 5.91 Å². The molecule has 1 amide bonds. The molecule has 0 aliphatic carbocycles. The van der Waals surface area contributed by atoms with Crippen molar-refractivity contribution in [2.24, 2.45) is 0 Å². The fourth-order valence-corrected chi connectivity index (χ4v) is 1.80. The number of piperidine rings is 1. The standard InChI is InChI=1S/C6H14N2O.C5H9NO/c9-6-5-8-3-1-7-2-4-8;7-5-3-1-2-4-6-5/h7,9H,1-6H2;1-4H2,(H,6,7). The van der Waals surface area contributed by atoms with Crippen molar-refractivity contribution in [1.29, 1.82) is 0 Å².